The van der Waals surface area contributed by atoms with Gasteiger partial charge in [-0.2, -0.15) is 4.99 Å². The number of fused-ring (bicyclic) bond motifs is 1. The van der Waals surface area contributed by atoms with Crippen molar-refractivity contribution in [1.82, 2.24) is 4.90 Å². The van der Waals surface area contributed by atoms with E-state index < -0.39 is 12.2 Å². The van der Waals surface area contributed by atoms with E-state index in [1.165, 1.54) is 0 Å². The van der Waals surface area contributed by atoms with Crippen LogP contribution < -0.4 is 5.73 Å². The van der Waals surface area contributed by atoms with Crippen LogP contribution in [0.2, 0.25) is 0 Å². The second-order valence-corrected chi connectivity index (χ2v) is 5.19. The van der Waals surface area contributed by atoms with E-state index in [1.54, 1.807) is 12.0 Å². The van der Waals surface area contributed by atoms with Crippen molar-refractivity contribution < 1.29 is 14.6 Å². The summed E-state index contributed by atoms with van der Waals surface area (Å²) in [6, 6.07) is 9.37. The minimum Gasteiger partial charge on any atom is -0.481 e. The maximum atomic E-state index is 10.1. The second-order valence-electron chi connectivity index (χ2n) is 5.19. The number of nitrogens with zero attached hydrogens (tertiary/aromatic N) is 4. The van der Waals surface area contributed by atoms with Crippen LogP contribution in [-0.4, -0.2) is 60.4 Å². The van der Waals surface area contributed by atoms with E-state index in [9.17, 15) is 5.11 Å². The lowest BCUT2D eigenvalue weighted by atomic mass is 10.1. The molecule has 8 nitrogen and oxygen atoms in total. The molecule has 0 aliphatic carbocycles. The fraction of sp³-hybridized carbons (Fsp3) is 0.400. The van der Waals surface area contributed by atoms with E-state index in [2.05, 4.69) is 15.0 Å². The third-order valence-corrected chi connectivity index (χ3v) is 3.60. The van der Waals surface area contributed by atoms with Crippen molar-refractivity contribution in [3.63, 3.8) is 0 Å². The lowest BCUT2D eigenvalue weighted by Gasteiger charge is -2.27. The van der Waals surface area contributed by atoms with Crippen LogP contribution in [0.3, 0.4) is 0 Å². The van der Waals surface area contributed by atoms with Crippen LogP contribution in [0.25, 0.3) is 0 Å². The van der Waals surface area contributed by atoms with E-state index in [0.29, 0.717) is 19.8 Å². The molecule has 1 aromatic rings. The molecule has 0 aromatic heterocycles. The molecule has 0 saturated heterocycles. The molecule has 3 N–H and O–H groups in total. The zero-order chi connectivity index (χ0) is 16.2. The zero-order valence-corrected chi connectivity index (χ0v) is 12.8. The fourth-order valence-corrected chi connectivity index (χ4v) is 2.46. The lowest BCUT2D eigenvalue weighted by Crippen LogP contribution is -2.46. The van der Waals surface area contributed by atoms with Gasteiger partial charge in [-0.1, -0.05) is 30.3 Å². The van der Waals surface area contributed by atoms with Gasteiger partial charge in [0, 0.05) is 13.7 Å². The van der Waals surface area contributed by atoms with Gasteiger partial charge in [0.1, 0.15) is 12.4 Å². The Balaban J connectivity index is 1.77. The van der Waals surface area contributed by atoms with E-state index in [1.807, 2.05) is 30.3 Å². The van der Waals surface area contributed by atoms with Gasteiger partial charge in [-0.15, -0.1) is 0 Å². The molecule has 0 radical (unpaired) electrons. The number of aliphatic hydroxyl groups is 1. The van der Waals surface area contributed by atoms with Gasteiger partial charge in [-0.3, -0.25) is 4.90 Å². The molecule has 8 heteroatoms. The molecule has 0 spiro atoms. The molecule has 2 atom stereocenters. The number of aliphatic imine (C=N–C) groups is 3. The van der Waals surface area contributed by atoms with Crippen LogP contribution >= 0.6 is 0 Å². The van der Waals surface area contributed by atoms with Crippen molar-refractivity contribution in [3.8, 4) is 0 Å². The molecule has 0 saturated carbocycles. The number of amidine groups is 3. The number of hydrogen-bond donors (Lipinski definition) is 2. The summed E-state index contributed by atoms with van der Waals surface area (Å²) in [7, 11) is 1.59. The largest absolute Gasteiger partial charge is 0.481 e. The summed E-state index contributed by atoms with van der Waals surface area (Å²) in [6.45, 7) is 1.23. The Morgan fingerprint density at radius 2 is 2.00 bits per heavy atom. The lowest BCUT2D eigenvalue weighted by molar-refractivity contribution is 0.138. The number of ether oxygens (including phenoxy) is 2. The number of aliphatic hydroxyl groups excluding tert-OH is 1. The average molecular weight is 317 g/mol. The van der Waals surface area contributed by atoms with E-state index in [0.717, 1.165) is 5.56 Å². The van der Waals surface area contributed by atoms with Crippen molar-refractivity contribution in [2.24, 2.45) is 20.7 Å². The summed E-state index contributed by atoms with van der Waals surface area (Å²) in [5.41, 5.74) is 6.98. The Kier molecular flexibility index (Phi) is 4.42. The van der Waals surface area contributed by atoms with E-state index in [-0.39, 0.29) is 17.9 Å². The highest BCUT2D eigenvalue weighted by atomic mass is 16.5. The van der Waals surface area contributed by atoms with Crippen LogP contribution in [0.15, 0.2) is 45.3 Å². The number of benzene rings is 1. The first-order chi connectivity index (χ1) is 11.2. The third kappa shape index (κ3) is 3.26. The SMILES string of the molecule is COCCOC1=NC2C(N=C(O)N2Cc2ccccc2)C(N)=N1. The number of methoxy groups -OCH3 is 1. The summed E-state index contributed by atoms with van der Waals surface area (Å²) >= 11 is 0. The Morgan fingerprint density at radius 1 is 1.22 bits per heavy atom. The number of rotatable bonds is 5. The molecular weight excluding hydrogens is 298 g/mol. The first kappa shape index (κ1) is 15.3. The maximum absolute atomic E-state index is 10.1. The van der Waals surface area contributed by atoms with Crippen molar-refractivity contribution in [1.29, 1.82) is 0 Å². The number of hydrogen-bond acceptors (Lipinski definition) is 7. The molecule has 2 aliphatic rings. The van der Waals surface area contributed by atoms with Gasteiger partial charge in [-0.05, 0) is 5.56 Å². The molecule has 3 rings (SSSR count). The summed E-state index contributed by atoms with van der Waals surface area (Å²) in [6.07, 6.45) is -0.453. The smallest absolute Gasteiger partial charge is 0.315 e. The minimum atomic E-state index is -0.492. The predicted molar refractivity (Wildman–Crippen MR) is 86.5 cm³/mol. The molecule has 2 heterocycles. The van der Waals surface area contributed by atoms with Crippen LogP contribution in [0.5, 0.6) is 0 Å². The third-order valence-electron chi connectivity index (χ3n) is 3.60. The van der Waals surface area contributed by atoms with Gasteiger partial charge in [-0.25, -0.2) is 9.98 Å². The molecule has 2 aliphatic heterocycles. The van der Waals surface area contributed by atoms with Crippen LogP contribution in [0, 0.1) is 0 Å². The summed E-state index contributed by atoms with van der Waals surface area (Å²) in [4.78, 5) is 14.3. The van der Waals surface area contributed by atoms with E-state index in [4.69, 9.17) is 15.2 Å². The molecule has 122 valence electrons. The predicted octanol–water partition coefficient (Wildman–Crippen LogP) is 0.501. The van der Waals surface area contributed by atoms with Gasteiger partial charge < -0.3 is 20.3 Å². The summed E-state index contributed by atoms with van der Waals surface area (Å²) in [5.74, 6) is 0.277. The highest BCUT2D eigenvalue weighted by Crippen LogP contribution is 2.24. The molecule has 0 bridgehead atoms. The molecule has 0 amide bonds. The summed E-state index contributed by atoms with van der Waals surface area (Å²) in [5, 5.41) is 10.1. The quantitative estimate of drug-likeness (QED) is 0.769. The molecule has 2 unspecified atom stereocenters. The highest BCUT2D eigenvalue weighted by Gasteiger charge is 2.41. The molecular formula is C15H19N5O3. The van der Waals surface area contributed by atoms with Crippen molar-refractivity contribution in [2.75, 3.05) is 20.3 Å². The topological polar surface area (TPSA) is 105 Å². The van der Waals surface area contributed by atoms with Crippen molar-refractivity contribution in [3.05, 3.63) is 35.9 Å². The Labute approximate surface area is 134 Å². The van der Waals surface area contributed by atoms with Crippen LogP contribution in [0.1, 0.15) is 5.56 Å². The first-order valence-corrected chi connectivity index (χ1v) is 7.30. The molecule has 1 aromatic carbocycles. The standard InChI is InChI=1S/C15H19N5O3/c1-22-7-8-23-14-18-12(16)11-13(19-14)20(15(21)17-11)9-10-5-3-2-4-6-10/h2-6,11,13H,7-9H2,1H3,(H,17,21)(H2,16,18,19). The Hall–Kier alpha value is -2.61. The molecule has 0 fully saturated rings. The first-order valence-electron chi connectivity index (χ1n) is 7.30. The maximum Gasteiger partial charge on any atom is 0.315 e. The van der Waals surface area contributed by atoms with Crippen molar-refractivity contribution >= 4 is 17.9 Å². The van der Waals surface area contributed by atoms with Crippen LogP contribution in [0.4, 0.5) is 0 Å². The van der Waals surface area contributed by atoms with Gasteiger partial charge in [0.05, 0.1) is 6.61 Å². The average Bonchev–Trinajstić information content (AvgIpc) is 2.86. The summed E-state index contributed by atoms with van der Waals surface area (Å²) < 4.78 is 10.4. The van der Waals surface area contributed by atoms with Crippen molar-refractivity contribution in [2.45, 2.75) is 18.8 Å². The van der Waals surface area contributed by atoms with Gasteiger partial charge in [0.25, 0.3) is 6.02 Å². The van der Waals surface area contributed by atoms with Gasteiger partial charge in [0.2, 0.25) is 0 Å². The minimum absolute atomic E-state index is 0.0936. The zero-order valence-electron chi connectivity index (χ0n) is 12.8. The van der Waals surface area contributed by atoms with Crippen LogP contribution in [-0.2, 0) is 16.0 Å². The Bertz CT molecular complexity index is 644. The van der Waals surface area contributed by atoms with Gasteiger partial charge in [0.15, 0.2) is 12.2 Å². The van der Waals surface area contributed by atoms with E-state index >= 15 is 0 Å². The monoisotopic (exact) mass is 317 g/mol. The van der Waals surface area contributed by atoms with Gasteiger partial charge >= 0.3 is 6.02 Å². The molecule has 23 heavy (non-hydrogen) atoms. The fourth-order valence-electron chi connectivity index (χ4n) is 2.46. The Morgan fingerprint density at radius 3 is 2.74 bits per heavy atom. The normalized spacial score (nSPS) is 23.0. The highest BCUT2D eigenvalue weighted by molar-refractivity contribution is 6.00. The number of nitrogens with two attached hydrogens (primary N) is 1. The second kappa shape index (κ2) is 6.66.